The predicted octanol–water partition coefficient (Wildman–Crippen LogP) is 3.87. The third-order valence-corrected chi connectivity index (χ3v) is 7.12. The van der Waals surface area contributed by atoms with E-state index in [1.807, 2.05) is 34.4 Å². The smallest absolute Gasteiger partial charge is 0.274 e. The molecule has 1 N–H and O–H groups in total. The number of aryl methyl sites for hydroxylation is 1. The van der Waals surface area contributed by atoms with E-state index in [2.05, 4.69) is 22.1 Å². The molecule has 0 unspecified atom stereocenters. The molecule has 2 aromatic carbocycles. The Morgan fingerprint density at radius 3 is 2.42 bits per heavy atom. The average Bonchev–Trinajstić information content (AvgIpc) is 3.45. The summed E-state index contributed by atoms with van der Waals surface area (Å²) in [5.41, 5.74) is 5.50. The van der Waals surface area contributed by atoms with E-state index in [9.17, 15) is 14.4 Å². The van der Waals surface area contributed by atoms with Crippen LogP contribution in [0.25, 0.3) is 16.6 Å². The van der Waals surface area contributed by atoms with Crippen molar-refractivity contribution in [2.24, 2.45) is 0 Å². The van der Waals surface area contributed by atoms with Gasteiger partial charge in [-0.2, -0.15) is 0 Å². The molecule has 1 amide bonds. The van der Waals surface area contributed by atoms with Crippen molar-refractivity contribution in [1.29, 1.82) is 0 Å². The molecule has 0 atom stereocenters. The van der Waals surface area contributed by atoms with Crippen LogP contribution >= 0.6 is 0 Å². The molecule has 0 saturated heterocycles. The van der Waals surface area contributed by atoms with Gasteiger partial charge in [0.25, 0.3) is 11.5 Å². The van der Waals surface area contributed by atoms with Crippen LogP contribution < -0.4 is 5.56 Å². The van der Waals surface area contributed by atoms with Crippen molar-refractivity contribution in [1.82, 2.24) is 19.3 Å². The van der Waals surface area contributed by atoms with Gasteiger partial charge in [-0.1, -0.05) is 24.3 Å². The lowest BCUT2D eigenvalue weighted by atomic mass is 9.88. The molecule has 1 saturated carbocycles. The van der Waals surface area contributed by atoms with Crippen molar-refractivity contribution in [2.75, 3.05) is 0 Å². The summed E-state index contributed by atoms with van der Waals surface area (Å²) in [6.45, 7) is 3.12. The van der Waals surface area contributed by atoms with Gasteiger partial charge in [0.15, 0.2) is 0 Å². The Labute approximate surface area is 190 Å². The minimum atomic E-state index is -0.232. The summed E-state index contributed by atoms with van der Waals surface area (Å²) in [6.07, 6.45) is 4.21. The van der Waals surface area contributed by atoms with E-state index in [1.54, 1.807) is 12.3 Å². The molecule has 7 heteroatoms. The fourth-order valence-corrected chi connectivity index (χ4v) is 5.31. The van der Waals surface area contributed by atoms with Crippen molar-refractivity contribution >= 4 is 28.2 Å². The van der Waals surface area contributed by atoms with Crippen LogP contribution in [0.3, 0.4) is 0 Å². The summed E-state index contributed by atoms with van der Waals surface area (Å²) in [5, 5.41) is 0. The Morgan fingerprint density at radius 2 is 1.73 bits per heavy atom. The van der Waals surface area contributed by atoms with Gasteiger partial charge >= 0.3 is 0 Å². The maximum absolute atomic E-state index is 13.4. The Balaban J connectivity index is 1.44. The summed E-state index contributed by atoms with van der Waals surface area (Å²) in [5.74, 6) is 1.21. The number of aromatic nitrogens is 3. The Morgan fingerprint density at radius 1 is 1.03 bits per heavy atom. The number of rotatable bonds is 2. The lowest BCUT2D eigenvalue weighted by molar-refractivity contribution is -0.120. The first-order valence-electron chi connectivity index (χ1n) is 11.4. The molecule has 33 heavy (non-hydrogen) atoms. The van der Waals surface area contributed by atoms with Crippen LogP contribution in [0.5, 0.6) is 0 Å². The number of nitrogens with zero attached hydrogens (tertiary/aromatic N) is 3. The number of hydrogen-bond acceptors (Lipinski definition) is 4. The largest absolute Gasteiger partial charge is 0.330 e. The quantitative estimate of drug-likeness (QED) is 0.513. The maximum Gasteiger partial charge on any atom is 0.274 e. The third kappa shape index (κ3) is 3.18. The van der Waals surface area contributed by atoms with E-state index in [1.165, 1.54) is 11.1 Å². The molecule has 2 aromatic heterocycles. The number of benzene rings is 2. The highest BCUT2D eigenvalue weighted by Gasteiger charge is 2.27. The normalized spacial score (nSPS) is 16.6. The number of carbonyl (C=O) groups excluding carboxylic acids is 2. The number of nitrogens with one attached hydrogen (secondary N) is 1. The van der Waals surface area contributed by atoms with Gasteiger partial charge in [0, 0.05) is 37.4 Å². The van der Waals surface area contributed by atoms with Gasteiger partial charge in [-0.25, -0.2) is 4.98 Å². The second-order valence-electron chi connectivity index (χ2n) is 9.22. The van der Waals surface area contributed by atoms with E-state index in [-0.39, 0.29) is 23.2 Å². The third-order valence-electron chi connectivity index (χ3n) is 7.12. The summed E-state index contributed by atoms with van der Waals surface area (Å²) in [7, 11) is 0. The fraction of sp³-hybridized carbons (Fsp3) is 0.308. The molecule has 1 fully saturated rings. The van der Waals surface area contributed by atoms with Crippen molar-refractivity contribution in [3.05, 3.63) is 81.0 Å². The van der Waals surface area contributed by atoms with E-state index < -0.39 is 0 Å². The van der Waals surface area contributed by atoms with Crippen molar-refractivity contribution in [3.63, 3.8) is 0 Å². The molecule has 7 nitrogen and oxygen atoms in total. The topological polar surface area (TPSA) is 87.5 Å². The van der Waals surface area contributed by atoms with Gasteiger partial charge in [-0.05, 0) is 48.6 Å². The van der Waals surface area contributed by atoms with Crippen LogP contribution in [-0.4, -0.2) is 31.0 Å². The first-order chi connectivity index (χ1) is 16.0. The molecular weight excluding hydrogens is 416 g/mol. The van der Waals surface area contributed by atoms with Crippen LogP contribution in [0.1, 0.15) is 64.5 Å². The monoisotopic (exact) mass is 440 g/mol. The second-order valence-corrected chi connectivity index (χ2v) is 9.22. The zero-order valence-electron chi connectivity index (χ0n) is 18.4. The van der Waals surface area contributed by atoms with Crippen molar-refractivity contribution in [2.45, 2.75) is 51.6 Å². The molecule has 0 spiro atoms. The first kappa shape index (κ1) is 19.9. The van der Waals surface area contributed by atoms with Gasteiger partial charge in [0.2, 0.25) is 0 Å². The van der Waals surface area contributed by atoms with Gasteiger partial charge in [0.05, 0.1) is 17.2 Å². The minimum absolute atomic E-state index is 0.0387. The molecule has 0 radical (unpaired) electrons. The Kier molecular flexibility index (Phi) is 4.47. The highest BCUT2D eigenvalue weighted by Crippen LogP contribution is 2.32. The second kappa shape index (κ2) is 7.40. The average molecular weight is 441 g/mol. The van der Waals surface area contributed by atoms with Crippen LogP contribution in [0.2, 0.25) is 0 Å². The summed E-state index contributed by atoms with van der Waals surface area (Å²) in [6, 6.07) is 11.9. The van der Waals surface area contributed by atoms with E-state index in [0.29, 0.717) is 42.5 Å². The lowest BCUT2D eigenvalue weighted by Gasteiger charge is -2.21. The number of amides is 1. The number of carbonyl (C=O) groups is 2. The van der Waals surface area contributed by atoms with Gasteiger partial charge in [0.1, 0.15) is 17.1 Å². The summed E-state index contributed by atoms with van der Waals surface area (Å²) in [4.78, 5) is 47.3. The molecule has 1 aliphatic heterocycles. The lowest BCUT2D eigenvalue weighted by Crippen LogP contribution is -2.26. The summed E-state index contributed by atoms with van der Waals surface area (Å²) >= 11 is 0. The molecule has 1 aliphatic carbocycles. The number of aromatic amines is 1. The van der Waals surface area contributed by atoms with Crippen LogP contribution in [-0.2, 0) is 17.9 Å². The fourth-order valence-electron chi connectivity index (χ4n) is 5.31. The van der Waals surface area contributed by atoms with Crippen molar-refractivity contribution in [3.8, 4) is 0 Å². The predicted molar refractivity (Wildman–Crippen MR) is 124 cm³/mol. The maximum atomic E-state index is 13.4. The van der Waals surface area contributed by atoms with Crippen LogP contribution in [0.15, 0.2) is 47.4 Å². The van der Waals surface area contributed by atoms with E-state index >= 15 is 0 Å². The number of imidazole rings is 1. The Hall–Kier alpha value is -3.74. The molecule has 166 valence electrons. The highest BCUT2D eigenvalue weighted by atomic mass is 16.2. The van der Waals surface area contributed by atoms with E-state index in [0.717, 1.165) is 29.7 Å². The number of hydrogen-bond donors (Lipinski definition) is 1. The summed E-state index contributed by atoms with van der Waals surface area (Å²) < 4.78 is 1.92. The standard InChI is InChI=1S/C26H24N4O3/c1-15-10-22-21(11-20(15)26(33)29-13-17-4-2-3-5-18(17)14-29)28-25(32)23-12-27-24(30(22)23)16-6-8-19(31)9-7-16/h2-5,10-12,16H,6-9,13-14H2,1H3,(H,28,32). The first-order valence-corrected chi connectivity index (χ1v) is 11.4. The molecule has 0 bridgehead atoms. The molecule has 6 rings (SSSR count). The Bertz CT molecular complexity index is 1480. The van der Waals surface area contributed by atoms with Crippen LogP contribution in [0.4, 0.5) is 0 Å². The SMILES string of the molecule is Cc1cc2c(cc1C(=O)N1Cc3ccccc3C1)[nH]c(=O)c1cnc(C3CCC(=O)CC3)n12. The van der Waals surface area contributed by atoms with Crippen molar-refractivity contribution < 1.29 is 9.59 Å². The van der Waals surface area contributed by atoms with Gasteiger partial charge < -0.3 is 9.88 Å². The number of H-pyrrole nitrogens is 1. The molecule has 2 aliphatic rings. The number of Topliss-reactive ketones (excluding diaryl/α,β-unsaturated/α-hetero) is 1. The highest BCUT2D eigenvalue weighted by molar-refractivity contribution is 5.99. The van der Waals surface area contributed by atoms with Gasteiger partial charge in [-0.15, -0.1) is 0 Å². The number of fused-ring (bicyclic) bond motifs is 4. The zero-order chi connectivity index (χ0) is 22.7. The van der Waals surface area contributed by atoms with Crippen LogP contribution in [0, 0.1) is 6.92 Å². The molecule has 4 aromatic rings. The van der Waals surface area contributed by atoms with E-state index in [4.69, 9.17) is 0 Å². The zero-order valence-corrected chi connectivity index (χ0v) is 18.4. The number of ketones is 1. The molecular formula is C26H24N4O3. The molecule has 3 heterocycles. The minimum Gasteiger partial charge on any atom is -0.330 e. The van der Waals surface area contributed by atoms with Gasteiger partial charge in [-0.3, -0.25) is 18.8 Å².